The van der Waals surface area contributed by atoms with Gasteiger partial charge < -0.3 is 25.4 Å². The van der Waals surface area contributed by atoms with Gasteiger partial charge in [-0.1, -0.05) is 0 Å². The molecule has 5 nitrogen and oxygen atoms in total. The first-order chi connectivity index (χ1) is 7.19. The Morgan fingerprint density at radius 1 is 1.07 bits per heavy atom. The zero-order valence-corrected chi connectivity index (χ0v) is 8.93. The fourth-order valence-corrected chi connectivity index (χ4v) is 0.853. The lowest BCUT2D eigenvalue weighted by molar-refractivity contribution is 0.186. The molecule has 1 aromatic carbocycles. The van der Waals surface area contributed by atoms with Gasteiger partial charge in [0.15, 0.2) is 11.5 Å². The van der Waals surface area contributed by atoms with Crippen LogP contribution in [0.2, 0.25) is 0 Å². The summed E-state index contributed by atoms with van der Waals surface area (Å²) in [5.74, 6) is 1.36. The molecule has 0 aliphatic heterocycles. The minimum Gasteiger partial charge on any atom is -0.493 e. The first-order valence-electron chi connectivity index (χ1n) is 4.38. The molecule has 86 valence electrons. The Balaban J connectivity index is 0.000000423. The van der Waals surface area contributed by atoms with Crippen molar-refractivity contribution in [2.24, 2.45) is 0 Å². The largest absolute Gasteiger partial charge is 0.493 e. The van der Waals surface area contributed by atoms with Gasteiger partial charge in [0.1, 0.15) is 0 Å². The van der Waals surface area contributed by atoms with Crippen molar-refractivity contribution in [3.8, 4) is 11.5 Å². The number of anilines is 1. The van der Waals surface area contributed by atoms with E-state index in [1.54, 1.807) is 32.4 Å². The monoisotopic (exact) mass is 215 g/mol. The van der Waals surface area contributed by atoms with E-state index in [1.807, 2.05) is 0 Å². The van der Waals surface area contributed by atoms with E-state index < -0.39 is 0 Å². The molecule has 0 aromatic heterocycles. The van der Waals surface area contributed by atoms with Crippen molar-refractivity contribution in [1.29, 1.82) is 0 Å². The maximum atomic E-state index is 7.62. The smallest absolute Gasteiger partial charge is 0.162 e. The second kappa shape index (κ2) is 7.90. The molecular formula is C10H17NO4. The lowest BCUT2D eigenvalue weighted by Crippen LogP contribution is -1.92. The highest BCUT2D eigenvalue weighted by Crippen LogP contribution is 2.28. The van der Waals surface area contributed by atoms with E-state index in [1.165, 1.54) is 0 Å². The Hall–Kier alpha value is -1.46. The van der Waals surface area contributed by atoms with Crippen LogP contribution in [0.15, 0.2) is 18.2 Å². The van der Waals surface area contributed by atoms with Crippen LogP contribution >= 0.6 is 0 Å². The molecule has 0 spiro atoms. The molecule has 0 fully saturated rings. The van der Waals surface area contributed by atoms with Crippen molar-refractivity contribution in [3.05, 3.63) is 18.2 Å². The Labute approximate surface area is 89.1 Å². The fourth-order valence-electron chi connectivity index (χ4n) is 0.853. The van der Waals surface area contributed by atoms with E-state index >= 15 is 0 Å². The summed E-state index contributed by atoms with van der Waals surface area (Å²) in [6, 6.07) is 5.26. The topological polar surface area (TPSA) is 84.9 Å². The van der Waals surface area contributed by atoms with E-state index in [2.05, 4.69) is 0 Å². The highest BCUT2D eigenvalue weighted by atomic mass is 16.5. The van der Waals surface area contributed by atoms with Crippen molar-refractivity contribution >= 4 is 5.69 Å². The third-order valence-corrected chi connectivity index (χ3v) is 1.51. The molecule has 1 rings (SSSR count). The molecule has 1 aromatic rings. The summed E-state index contributed by atoms with van der Waals surface area (Å²) in [6.07, 6.45) is 0. The number of nitrogens with two attached hydrogens (primary N) is 1. The van der Waals surface area contributed by atoms with E-state index in [-0.39, 0.29) is 13.2 Å². The molecule has 0 amide bonds. The summed E-state index contributed by atoms with van der Waals surface area (Å²) in [7, 11) is 3.17. The van der Waals surface area contributed by atoms with Gasteiger partial charge in [0.05, 0.1) is 27.4 Å². The van der Waals surface area contributed by atoms with Crippen LogP contribution in [0.3, 0.4) is 0 Å². The first kappa shape index (κ1) is 13.5. The Kier molecular flexibility index (Phi) is 7.13. The van der Waals surface area contributed by atoms with Gasteiger partial charge in [0.2, 0.25) is 0 Å². The van der Waals surface area contributed by atoms with Crippen molar-refractivity contribution < 1.29 is 19.7 Å². The quantitative estimate of drug-likeness (QED) is 0.630. The summed E-state index contributed by atoms with van der Waals surface area (Å²) in [5.41, 5.74) is 6.19. The third kappa shape index (κ3) is 5.09. The number of aliphatic hydroxyl groups is 2. The van der Waals surface area contributed by atoms with Crippen LogP contribution in [-0.4, -0.2) is 37.6 Å². The molecular weight excluding hydrogens is 198 g/mol. The number of aliphatic hydroxyl groups excluding tert-OH is 2. The predicted molar refractivity (Wildman–Crippen MR) is 58.1 cm³/mol. The van der Waals surface area contributed by atoms with E-state index in [0.717, 1.165) is 0 Å². The molecule has 0 aliphatic carbocycles. The highest BCUT2D eigenvalue weighted by molar-refractivity contribution is 5.51. The number of hydrogen-bond donors (Lipinski definition) is 3. The number of hydrogen-bond acceptors (Lipinski definition) is 5. The number of ether oxygens (including phenoxy) is 2. The molecule has 0 bridgehead atoms. The average Bonchev–Trinajstić information content (AvgIpc) is 2.29. The van der Waals surface area contributed by atoms with Crippen LogP contribution in [0.4, 0.5) is 5.69 Å². The number of benzene rings is 1. The Bertz CT molecular complexity index is 276. The van der Waals surface area contributed by atoms with Gasteiger partial charge in [-0.2, -0.15) is 0 Å². The van der Waals surface area contributed by atoms with Gasteiger partial charge in [-0.15, -0.1) is 0 Å². The summed E-state index contributed by atoms with van der Waals surface area (Å²) < 4.78 is 10.0. The van der Waals surface area contributed by atoms with Crippen LogP contribution in [0.25, 0.3) is 0 Å². The standard InChI is InChI=1S/C8H11NO2.C2H6O2/c1-10-7-4-3-6(9)5-8(7)11-2;3-1-2-4/h3-5H,9H2,1-2H3;3-4H,1-2H2. The molecule has 0 heterocycles. The number of nitrogen functional groups attached to an aromatic ring is 1. The van der Waals surface area contributed by atoms with Gasteiger partial charge in [-0.05, 0) is 12.1 Å². The molecule has 0 saturated carbocycles. The van der Waals surface area contributed by atoms with Gasteiger partial charge >= 0.3 is 0 Å². The SMILES string of the molecule is COc1ccc(N)cc1OC.OCCO. The Morgan fingerprint density at radius 3 is 2.00 bits per heavy atom. The van der Waals surface area contributed by atoms with E-state index in [4.69, 9.17) is 25.4 Å². The number of rotatable bonds is 3. The molecule has 0 radical (unpaired) electrons. The summed E-state index contributed by atoms with van der Waals surface area (Å²) in [6.45, 7) is -0.250. The zero-order chi connectivity index (χ0) is 11.7. The van der Waals surface area contributed by atoms with Gasteiger partial charge in [-0.25, -0.2) is 0 Å². The van der Waals surface area contributed by atoms with Gasteiger partial charge in [0.25, 0.3) is 0 Å². The van der Waals surface area contributed by atoms with Crippen LogP contribution in [0, 0.1) is 0 Å². The van der Waals surface area contributed by atoms with Crippen LogP contribution in [0.5, 0.6) is 11.5 Å². The lowest BCUT2D eigenvalue weighted by atomic mass is 10.3. The van der Waals surface area contributed by atoms with E-state index in [9.17, 15) is 0 Å². The lowest BCUT2D eigenvalue weighted by Gasteiger charge is -2.06. The Morgan fingerprint density at radius 2 is 1.60 bits per heavy atom. The van der Waals surface area contributed by atoms with Crippen molar-refractivity contribution in [2.75, 3.05) is 33.2 Å². The van der Waals surface area contributed by atoms with Crippen LogP contribution in [-0.2, 0) is 0 Å². The zero-order valence-electron chi connectivity index (χ0n) is 8.93. The predicted octanol–water partition coefficient (Wildman–Crippen LogP) is 0.257. The minimum atomic E-state index is -0.125. The van der Waals surface area contributed by atoms with Crippen LogP contribution < -0.4 is 15.2 Å². The van der Waals surface area contributed by atoms with Crippen LogP contribution in [0.1, 0.15) is 0 Å². The van der Waals surface area contributed by atoms with Crippen molar-refractivity contribution in [2.45, 2.75) is 0 Å². The first-order valence-corrected chi connectivity index (χ1v) is 4.38. The molecule has 0 aliphatic rings. The second-order valence-electron chi connectivity index (χ2n) is 2.56. The molecule has 15 heavy (non-hydrogen) atoms. The summed E-state index contributed by atoms with van der Waals surface area (Å²) in [5, 5.41) is 15.2. The summed E-state index contributed by atoms with van der Waals surface area (Å²) in [4.78, 5) is 0. The van der Waals surface area contributed by atoms with E-state index in [0.29, 0.717) is 17.2 Å². The normalized spacial score (nSPS) is 8.80. The fraction of sp³-hybridized carbons (Fsp3) is 0.400. The molecule has 0 atom stereocenters. The molecule has 0 saturated heterocycles. The maximum absolute atomic E-state index is 7.62. The molecule has 0 unspecified atom stereocenters. The minimum absolute atomic E-state index is 0.125. The average molecular weight is 215 g/mol. The third-order valence-electron chi connectivity index (χ3n) is 1.51. The van der Waals surface area contributed by atoms with Crippen molar-refractivity contribution in [1.82, 2.24) is 0 Å². The van der Waals surface area contributed by atoms with Gasteiger partial charge in [-0.3, -0.25) is 0 Å². The maximum Gasteiger partial charge on any atom is 0.162 e. The van der Waals surface area contributed by atoms with Crippen molar-refractivity contribution in [3.63, 3.8) is 0 Å². The number of methoxy groups -OCH3 is 2. The second-order valence-corrected chi connectivity index (χ2v) is 2.56. The van der Waals surface area contributed by atoms with Gasteiger partial charge in [0, 0.05) is 11.8 Å². The molecule has 4 N–H and O–H groups in total. The molecule has 5 heteroatoms. The summed E-state index contributed by atoms with van der Waals surface area (Å²) >= 11 is 0. The highest BCUT2D eigenvalue weighted by Gasteiger charge is 2.00.